The molecule has 0 N–H and O–H groups in total. The van der Waals surface area contributed by atoms with Crippen molar-refractivity contribution in [1.82, 2.24) is 0 Å². The Bertz CT molecular complexity index is 76.1. The molecular formula is C9H18. The van der Waals surface area contributed by atoms with Gasteiger partial charge in [-0.05, 0) is 18.3 Å². The van der Waals surface area contributed by atoms with Crippen molar-refractivity contribution in [3.63, 3.8) is 0 Å². The van der Waals surface area contributed by atoms with Crippen molar-refractivity contribution in [3.8, 4) is 0 Å². The molecule has 0 spiro atoms. The lowest BCUT2D eigenvalue weighted by molar-refractivity contribution is 0.595. The smallest absolute Gasteiger partial charge is 0.0386 e. The van der Waals surface area contributed by atoms with Gasteiger partial charge in [0.15, 0.2) is 0 Å². The third-order valence-corrected chi connectivity index (χ3v) is 2.45. The predicted octanol–water partition coefficient (Wildman–Crippen LogP) is 3.22. The molecule has 1 rings (SSSR count). The van der Waals surface area contributed by atoms with Crippen LogP contribution in [0.25, 0.3) is 0 Å². The molecule has 0 radical (unpaired) electrons. The fraction of sp³-hybridized carbons (Fsp3) is 1.00. The minimum absolute atomic E-state index is 1.07. The zero-order valence-corrected chi connectivity index (χ0v) is 6.69. The van der Waals surface area contributed by atoms with E-state index in [9.17, 15) is 0 Å². The van der Waals surface area contributed by atoms with E-state index in [0.717, 1.165) is 11.8 Å². The summed E-state index contributed by atoms with van der Waals surface area (Å²) in [6, 6.07) is 0. The third kappa shape index (κ3) is 2.38. The van der Waals surface area contributed by atoms with Gasteiger partial charge >= 0.3 is 0 Å². The molecule has 0 aromatic rings. The third-order valence-electron chi connectivity index (χ3n) is 2.45. The highest BCUT2D eigenvalue weighted by atomic mass is 14.4. The summed E-state index contributed by atoms with van der Waals surface area (Å²) in [6.07, 6.45) is 7.33. The predicted molar refractivity (Wildman–Crippen MR) is 41.4 cm³/mol. The minimum Gasteiger partial charge on any atom is -0.0654 e. The van der Waals surface area contributed by atoms with Crippen LogP contribution in [0.4, 0.5) is 0 Å². The van der Waals surface area contributed by atoms with Crippen LogP contribution in [-0.2, 0) is 0 Å². The summed E-state index contributed by atoms with van der Waals surface area (Å²) in [5.74, 6) is 2.19. The molecule has 1 aliphatic rings. The van der Waals surface area contributed by atoms with Crippen LogP contribution >= 0.6 is 0 Å². The van der Waals surface area contributed by atoms with Crippen LogP contribution in [-0.4, -0.2) is 0 Å². The topological polar surface area (TPSA) is 0 Å². The van der Waals surface area contributed by atoms with Gasteiger partial charge in [-0.25, -0.2) is 0 Å². The van der Waals surface area contributed by atoms with Gasteiger partial charge in [-0.3, -0.25) is 0 Å². The van der Waals surface area contributed by atoms with Crippen molar-refractivity contribution in [2.24, 2.45) is 11.8 Å². The zero-order valence-electron chi connectivity index (χ0n) is 6.69. The number of unbranched alkanes of at least 4 members (excludes halogenated alkanes) is 2. The molecule has 1 aliphatic carbocycles. The Morgan fingerprint density at radius 2 is 2.00 bits per heavy atom. The summed E-state index contributed by atoms with van der Waals surface area (Å²) in [7, 11) is 0. The van der Waals surface area contributed by atoms with Crippen molar-refractivity contribution in [3.05, 3.63) is 0 Å². The van der Waals surface area contributed by atoms with Crippen molar-refractivity contribution >= 4 is 0 Å². The van der Waals surface area contributed by atoms with Gasteiger partial charge < -0.3 is 0 Å². The molecule has 0 amide bonds. The van der Waals surface area contributed by atoms with Gasteiger partial charge in [0.25, 0.3) is 0 Å². The molecule has 0 heteroatoms. The first-order valence-electron chi connectivity index (χ1n) is 4.34. The van der Waals surface area contributed by atoms with Crippen LogP contribution in [0.2, 0.25) is 0 Å². The minimum atomic E-state index is 1.07. The van der Waals surface area contributed by atoms with E-state index in [1.807, 2.05) is 0 Å². The van der Waals surface area contributed by atoms with E-state index in [2.05, 4.69) is 13.8 Å². The molecular weight excluding hydrogens is 108 g/mol. The normalized spacial score (nSPS) is 32.7. The second-order valence-corrected chi connectivity index (χ2v) is 3.47. The molecule has 0 unspecified atom stereocenters. The summed E-state index contributed by atoms with van der Waals surface area (Å²) in [4.78, 5) is 0. The second kappa shape index (κ2) is 3.24. The lowest BCUT2D eigenvalue weighted by Gasteiger charge is -1.94. The number of rotatable bonds is 4. The molecule has 54 valence electrons. The highest BCUT2D eigenvalue weighted by Gasteiger charge is 2.30. The van der Waals surface area contributed by atoms with Crippen LogP contribution in [0.15, 0.2) is 0 Å². The van der Waals surface area contributed by atoms with Gasteiger partial charge in [0.2, 0.25) is 0 Å². The molecule has 0 aromatic carbocycles. The van der Waals surface area contributed by atoms with E-state index in [-0.39, 0.29) is 0 Å². The molecule has 0 bridgehead atoms. The summed E-state index contributed by atoms with van der Waals surface area (Å²) in [6.45, 7) is 4.65. The number of hydrogen-bond acceptors (Lipinski definition) is 0. The molecule has 0 aliphatic heterocycles. The Hall–Kier alpha value is 0. The first-order chi connectivity index (χ1) is 4.34. The van der Waals surface area contributed by atoms with Crippen LogP contribution in [0.3, 0.4) is 0 Å². The van der Waals surface area contributed by atoms with Crippen molar-refractivity contribution < 1.29 is 0 Å². The fourth-order valence-corrected chi connectivity index (χ4v) is 1.46. The molecule has 2 atom stereocenters. The largest absolute Gasteiger partial charge is 0.0654 e. The molecule has 1 fully saturated rings. The molecule has 0 saturated heterocycles. The summed E-state index contributed by atoms with van der Waals surface area (Å²) < 4.78 is 0. The van der Waals surface area contributed by atoms with Crippen molar-refractivity contribution in [2.45, 2.75) is 46.0 Å². The average molecular weight is 126 g/mol. The van der Waals surface area contributed by atoms with Crippen molar-refractivity contribution in [2.75, 3.05) is 0 Å². The second-order valence-electron chi connectivity index (χ2n) is 3.47. The van der Waals surface area contributed by atoms with Gasteiger partial charge in [-0.1, -0.05) is 39.5 Å². The van der Waals surface area contributed by atoms with Gasteiger partial charge in [-0.2, -0.15) is 0 Å². The first kappa shape index (κ1) is 7.11. The van der Waals surface area contributed by atoms with E-state index in [4.69, 9.17) is 0 Å². The Morgan fingerprint density at radius 1 is 1.33 bits per heavy atom. The van der Waals surface area contributed by atoms with E-state index in [1.54, 1.807) is 0 Å². The van der Waals surface area contributed by atoms with Crippen molar-refractivity contribution in [1.29, 1.82) is 0 Å². The Kier molecular flexibility index (Phi) is 2.56. The van der Waals surface area contributed by atoms with Crippen LogP contribution in [0, 0.1) is 11.8 Å². The standard InChI is InChI=1S/C9H18/c1-3-4-5-6-9-7-8(9)2/h8-9H,3-7H2,1-2H3/t8-,9-/m0/s1. The molecule has 0 heterocycles. The lowest BCUT2D eigenvalue weighted by atomic mass is 10.1. The Balaban J connectivity index is 1.83. The molecule has 1 saturated carbocycles. The Morgan fingerprint density at radius 3 is 2.44 bits per heavy atom. The average Bonchev–Trinajstić information content (AvgIpc) is 2.48. The molecule has 0 aromatic heterocycles. The van der Waals surface area contributed by atoms with Crippen LogP contribution in [0.5, 0.6) is 0 Å². The van der Waals surface area contributed by atoms with E-state index >= 15 is 0 Å². The van der Waals surface area contributed by atoms with Gasteiger partial charge in [0.05, 0.1) is 0 Å². The van der Waals surface area contributed by atoms with E-state index in [0.29, 0.717) is 0 Å². The van der Waals surface area contributed by atoms with Gasteiger partial charge in [-0.15, -0.1) is 0 Å². The van der Waals surface area contributed by atoms with Crippen LogP contribution < -0.4 is 0 Å². The molecule has 0 nitrogen and oxygen atoms in total. The van der Waals surface area contributed by atoms with Gasteiger partial charge in [0.1, 0.15) is 0 Å². The quantitative estimate of drug-likeness (QED) is 0.507. The highest BCUT2D eigenvalue weighted by molar-refractivity contribution is 4.81. The first-order valence-corrected chi connectivity index (χ1v) is 4.34. The highest BCUT2D eigenvalue weighted by Crippen LogP contribution is 2.41. The lowest BCUT2D eigenvalue weighted by Crippen LogP contribution is -1.79. The zero-order chi connectivity index (χ0) is 6.69. The Labute approximate surface area is 58.7 Å². The maximum Gasteiger partial charge on any atom is -0.0386 e. The van der Waals surface area contributed by atoms with Crippen LogP contribution in [0.1, 0.15) is 46.0 Å². The monoisotopic (exact) mass is 126 g/mol. The van der Waals surface area contributed by atoms with E-state index < -0.39 is 0 Å². The van der Waals surface area contributed by atoms with Gasteiger partial charge in [0, 0.05) is 0 Å². The molecule has 9 heavy (non-hydrogen) atoms. The maximum absolute atomic E-state index is 2.37. The summed E-state index contributed by atoms with van der Waals surface area (Å²) >= 11 is 0. The SMILES string of the molecule is CCCCC[C@H]1C[C@@H]1C. The fourth-order valence-electron chi connectivity index (χ4n) is 1.46. The number of hydrogen-bond donors (Lipinski definition) is 0. The summed E-state index contributed by atoms with van der Waals surface area (Å²) in [5, 5.41) is 0. The maximum atomic E-state index is 2.37. The van der Waals surface area contributed by atoms with E-state index in [1.165, 1.54) is 32.1 Å². The summed E-state index contributed by atoms with van der Waals surface area (Å²) in [5.41, 5.74) is 0.